The molecule has 0 saturated heterocycles. The summed E-state index contributed by atoms with van der Waals surface area (Å²) in [6, 6.07) is 15.9. The molecular formula is C17H22Si. The van der Waals surface area contributed by atoms with Crippen LogP contribution in [0.25, 0.3) is 0 Å². The van der Waals surface area contributed by atoms with Gasteiger partial charge in [-0.25, -0.2) is 0 Å². The number of benzene rings is 2. The Labute approximate surface area is 112 Å². The van der Waals surface area contributed by atoms with Crippen LogP contribution in [-0.4, -0.2) is 8.07 Å². The van der Waals surface area contributed by atoms with Crippen molar-refractivity contribution in [2.45, 2.75) is 33.9 Å². The van der Waals surface area contributed by atoms with Crippen molar-refractivity contribution < 1.29 is 0 Å². The monoisotopic (exact) mass is 254 g/mol. The van der Waals surface area contributed by atoms with E-state index in [0.29, 0.717) is 0 Å². The van der Waals surface area contributed by atoms with Crippen molar-refractivity contribution in [1.82, 2.24) is 0 Å². The predicted octanol–water partition coefficient (Wildman–Crippen LogP) is 3.43. The lowest BCUT2D eigenvalue weighted by molar-refractivity contribution is 1.35. The minimum absolute atomic E-state index is 1.36. The van der Waals surface area contributed by atoms with E-state index in [2.05, 4.69) is 76.3 Å². The number of rotatable bonds is 2. The van der Waals surface area contributed by atoms with Gasteiger partial charge in [-0.2, -0.15) is 0 Å². The topological polar surface area (TPSA) is 0 Å². The van der Waals surface area contributed by atoms with E-state index in [9.17, 15) is 0 Å². The Morgan fingerprint density at radius 2 is 1.39 bits per heavy atom. The molecule has 0 radical (unpaired) electrons. The van der Waals surface area contributed by atoms with Gasteiger partial charge in [0.05, 0.1) is 0 Å². The highest BCUT2D eigenvalue weighted by molar-refractivity contribution is 7.00. The molecule has 0 bridgehead atoms. The molecule has 0 N–H and O–H groups in total. The van der Waals surface area contributed by atoms with Gasteiger partial charge < -0.3 is 0 Å². The maximum Gasteiger partial charge on any atom is 0.112 e. The van der Waals surface area contributed by atoms with Crippen molar-refractivity contribution >= 4 is 18.4 Å². The second kappa shape index (κ2) is 4.73. The Morgan fingerprint density at radius 1 is 0.722 bits per heavy atom. The van der Waals surface area contributed by atoms with Gasteiger partial charge in [-0.05, 0) is 31.9 Å². The van der Waals surface area contributed by atoms with Gasteiger partial charge in [-0.15, -0.1) is 0 Å². The third kappa shape index (κ3) is 2.41. The Morgan fingerprint density at radius 3 is 2.00 bits per heavy atom. The van der Waals surface area contributed by atoms with Gasteiger partial charge in [0, 0.05) is 0 Å². The molecule has 0 saturated carbocycles. The van der Waals surface area contributed by atoms with E-state index < -0.39 is 8.07 Å². The van der Waals surface area contributed by atoms with Crippen LogP contribution < -0.4 is 10.4 Å². The van der Waals surface area contributed by atoms with E-state index in [1.165, 1.54) is 27.1 Å². The van der Waals surface area contributed by atoms with E-state index in [1.807, 2.05) is 0 Å². The summed E-state index contributed by atoms with van der Waals surface area (Å²) >= 11 is 0. The molecule has 18 heavy (non-hydrogen) atoms. The van der Waals surface area contributed by atoms with E-state index in [1.54, 1.807) is 0 Å². The van der Waals surface area contributed by atoms with E-state index >= 15 is 0 Å². The van der Waals surface area contributed by atoms with Crippen molar-refractivity contribution in [3.8, 4) is 0 Å². The normalized spacial score (nSPS) is 11.6. The van der Waals surface area contributed by atoms with Crippen molar-refractivity contribution in [3.63, 3.8) is 0 Å². The fraction of sp³-hybridized carbons (Fsp3) is 0.294. The maximum absolute atomic E-state index is 2.44. The molecule has 1 heteroatoms. The minimum atomic E-state index is -1.54. The first-order valence-corrected chi connectivity index (χ1v) is 9.56. The van der Waals surface area contributed by atoms with Crippen molar-refractivity contribution in [3.05, 3.63) is 59.2 Å². The van der Waals surface area contributed by atoms with Crippen LogP contribution in [0.2, 0.25) is 13.1 Å². The van der Waals surface area contributed by atoms with Gasteiger partial charge in [-0.3, -0.25) is 0 Å². The van der Waals surface area contributed by atoms with Crippen LogP contribution in [0.4, 0.5) is 0 Å². The molecule has 0 aromatic heterocycles. The quantitative estimate of drug-likeness (QED) is 0.720. The fourth-order valence-electron chi connectivity index (χ4n) is 2.33. The summed E-state index contributed by atoms with van der Waals surface area (Å²) in [5.74, 6) is 0. The molecule has 2 rings (SSSR count). The summed E-state index contributed by atoms with van der Waals surface area (Å²) in [6.45, 7) is 11.4. The lowest BCUT2D eigenvalue weighted by atomic mass is 10.1. The molecule has 0 aliphatic carbocycles. The third-order valence-electron chi connectivity index (χ3n) is 3.97. The average Bonchev–Trinajstić information content (AvgIpc) is 2.32. The van der Waals surface area contributed by atoms with Crippen LogP contribution in [0.3, 0.4) is 0 Å². The largest absolute Gasteiger partial charge is 0.112 e. The number of hydrogen-bond donors (Lipinski definition) is 0. The molecule has 0 nitrogen and oxygen atoms in total. The standard InChI is InChI=1S/C17H22Si/c1-13-7-6-8-16(11-13)18(4,5)17-10-9-14(2)15(3)12-17/h6-12H,1-5H3. The Balaban J connectivity index is 2.50. The Kier molecular flexibility index (Phi) is 3.44. The molecule has 0 aliphatic heterocycles. The summed E-state index contributed by atoms with van der Waals surface area (Å²) in [4.78, 5) is 0. The van der Waals surface area contributed by atoms with Gasteiger partial charge >= 0.3 is 0 Å². The summed E-state index contributed by atoms with van der Waals surface area (Å²) in [5, 5.41) is 3.04. The molecule has 94 valence electrons. The van der Waals surface area contributed by atoms with Crippen molar-refractivity contribution in [2.24, 2.45) is 0 Å². The average molecular weight is 254 g/mol. The molecule has 2 aromatic carbocycles. The van der Waals surface area contributed by atoms with Gasteiger partial charge in [0.2, 0.25) is 0 Å². The van der Waals surface area contributed by atoms with Crippen LogP contribution >= 0.6 is 0 Å². The van der Waals surface area contributed by atoms with E-state index in [4.69, 9.17) is 0 Å². The highest BCUT2D eigenvalue weighted by Gasteiger charge is 2.26. The minimum Gasteiger partial charge on any atom is -0.0626 e. The van der Waals surface area contributed by atoms with E-state index in [-0.39, 0.29) is 0 Å². The lowest BCUT2D eigenvalue weighted by Gasteiger charge is -2.25. The van der Waals surface area contributed by atoms with Crippen molar-refractivity contribution in [2.75, 3.05) is 0 Å². The second-order valence-electron chi connectivity index (χ2n) is 5.79. The molecule has 0 heterocycles. The first-order chi connectivity index (χ1) is 8.41. The first-order valence-electron chi connectivity index (χ1n) is 6.56. The number of hydrogen-bond acceptors (Lipinski definition) is 0. The fourth-order valence-corrected chi connectivity index (χ4v) is 4.84. The highest BCUT2D eigenvalue weighted by Crippen LogP contribution is 2.10. The van der Waals surface area contributed by atoms with Crippen LogP contribution in [-0.2, 0) is 0 Å². The van der Waals surface area contributed by atoms with Gasteiger partial charge in [-0.1, -0.05) is 71.5 Å². The molecule has 0 fully saturated rings. The zero-order chi connectivity index (χ0) is 13.3. The maximum atomic E-state index is 2.44. The van der Waals surface area contributed by atoms with Gasteiger partial charge in [0.1, 0.15) is 8.07 Å². The van der Waals surface area contributed by atoms with Crippen LogP contribution in [0.5, 0.6) is 0 Å². The van der Waals surface area contributed by atoms with Crippen LogP contribution in [0.15, 0.2) is 42.5 Å². The zero-order valence-electron chi connectivity index (χ0n) is 12.0. The van der Waals surface area contributed by atoms with Crippen LogP contribution in [0.1, 0.15) is 16.7 Å². The van der Waals surface area contributed by atoms with E-state index in [0.717, 1.165) is 0 Å². The van der Waals surface area contributed by atoms with Gasteiger partial charge in [0.15, 0.2) is 0 Å². The van der Waals surface area contributed by atoms with Crippen LogP contribution in [0, 0.1) is 20.8 Å². The second-order valence-corrected chi connectivity index (χ2v) is 10.2. The van der Waals surface area contributed by atoms with Crippen molar-refractivity contribution in [1.29, 1.82) is 0 Å². The smallest absolute Gasteiger partial charge is 0.0626 e. The molecular weight excluding hydrogens is 232 g/mol. The molecule has 0 unspecified atom stereocenters. The Bertz CT molecular complexity index is 568. The predicted molar refractivity (Wildman–Crippen MR) is 83.8 cm³/mol. The summed E-state index contributed by atoms with van der Waals surface area (Å²) in [7, 11) is -1.54. The first kappa shape index (κ1) is 13.1. The highest BCUT2D eigenvalue weighted by atomic mass is 28.3. The zero-order valence-corrected chi connectivity index (χ0v) is 13.0. The lowest BCUT2D eigenvalue weighted by Crippen LogP contribution is -2.53. The summed E-state index contributed by atoms with van der Waals surface area (Å²) in [5.41, 5.74) is 4.14. The van der Waals surface area contributed by atoms with Gasteiger partial charge in [0.25, 0.3) is 0 Å². The molecule has 0 spiro atoms. The number of aryl methyl sites for hydroxylation is 3. The SMILES string of the molecule is Cc1cccc([Si](C)(C)c2ccc(C)c(C)c2)c1. The molecule has 0 amide bonds. The summed E-state index contributed by atoms with van der Waals surface area (Å²) < 4.78 is 0. The Hall–Kier alpha value is -1.34. The summed E-state index contributed by atoms with van der Waals surface area (Å²) in [6.07, 6.45) is 0. The molecule has 0 atom stereocenters. The molecule has 2 aromatic rings. The third-order valence-corrected chi connectivity index (χ3v) is 7.48. The molecule has 0 aliphatic rings.